The Hall–Kier alpha value is -0.570. The summed E-state index contributed by atoms with van der Waals surface area (Å²) in [6.07, 6.45) is 4.27. The Morgan fingerprint density at radius 2 is 2.33 bits per heavy atom. The van der Waals surface area contributed by atoms with Crippen molar-refractivity contribution in [2.24, 2.45) is 17.6 Å². The summed E-state index contributed by atoms with van der Waals surface area (Å²) in [5.41, 5.74) is 5.46. The van der Waals surface area contributed by atoms with E-state index in [0.29, 0.717) is 18.3 Å². The van der Waals surface area contributed by atoms with Crippen LogP contribution < -0.4 is 5.73 Å². The number of aliphatic carboxylic acids is 1. The second-order valence-corrected chi connectivity index (χ2v) is 3.85. The molecule has 3 heteroatoms. The predicted molar refractivity (Wildman–Crippen MR) is 46.7 cm³/mol. The Balaban J connectivity index is 2.35. The molecule has 0 spiro atoms. The highest BCUT2D eigenvalue weighted by Gasteiger charge is 2.27. The number of hydrogen-bond donors (Lipinski definition) is 2. The molecule has 3 nitrogen and oxygen atoms in total. The van der Waals surface area contributed by atoms with Gasteiger partial charge < -0.3 is 10.8 Å². The lowest BCUT2D eigenvalue weighted by molar-refractivity contribution is -0.139. The van der Waals surface area contributed by atoms with Gasteiger partial charge in [-0.15, -0.1) is 0 Å². The van der Waals surface area contributed by atoms with Gasteiger partial charge in [0.15, 0.2) is 0 Å². The minimum atomic E-state index is -0.867. The standard InChI is InChI=1S/C9H17NO2/c1-6-3-2-4-7(6)5-8(10)9(11)12/h6-8H,2-5,10H2,1H3,(H,11,12)/t6-,7+,8-/m0/s1. The summed E-state index contributed by atoms with van der Waals surface area (Å²) in [5, 5.41) is 8.60. The molecular weight excluding hydrogens is 154 g/mol. The third-order valence-corrected chi connectivity index (χ3v) is 2.91. The van der Waals surface area contributed by atoms with Crippen LogP contribution in [0.1, 0.15) is 32.6 Å². The van der Waals surface area contributed by atoms with Crippen molar-refractivity contribution < 1.29 is 9.90 Å². The number of carbonyl (C=O) groups is 1. The van der Waals surface area contributed by atoms with Crippen molar-refractivity contribution in [2.75, 3.05) is 0 Å². The molecule has 0 amide bonds. The van der Waals surface area contributed by atoms with Crippen LogP contribution in [0.5, 0.6) is 0 Å². The minimum Gasteiger partial charge on any atom is -0.480 e. The van der Waals surface area contributed by atoms with Gasteiger partial charge in [-0.3, -0.25) is 4.79 Å². The smallest absolute Gasteiger partial charge is 0.320 e. The Morgan fingerprint density at radius 3 is 2.75 bits per heavy atom. The van der Waals surface area contributed by atoms with E-state index in [4.69, 9.17) is 10.8 Å². The third-order valence-electron chi connectivity index (χ3n) is 2.91. The fourth-order valence-electron chi connectivity index (χ4n) is 2.00. The van der Waals surface area contributed by atoms with Crippen LogP contribution >= 0.6 is 0 Å². The van der Waals surface area contributed by atoms with Gasteiger partial charge in [0, 0.05) is 0 Å². The van der Waals surface area contributed by atoms with E-state index in [2.05, 4.69) is 6.92 Å². The number of rotatable bonds is 3. The average Bonchev–Trinajstić information content (AvgIpc) is 2.36. The lowest BCUT2D eigenvalue weighted by Crippen LogP contribution is -2.32. The largest absolute Gasteiger partial charge is 0.480 e. The van der Waals surface area contributed by atoms with E-state index in [9.17, 15) is 4.79 Å². The van der Waals surface area contributed by atoms with Crippen molar-refractivity contribution in [3.63, 3.8) is 0 Å². The highest BCUT2D eigenvalue weighted by atomic mass is 16.4. The lowest BCUT2D eigenvalue weighted by atomic mass is 9.91. The van der Waals surface area contributed by atoms with Gasteiger partial charge in [-0.25, -0.2) is 0 Å². The summed E-state index contributed by atoms with van der Waals surface area (Å²) in [4.78, 5) is 10.5. The van der Waals surface area contributed by atoms with E-state index in [1.165, 1.54) is 12.8 Å². The molecule has 0 aromatic carbocycles. The average molecular weight is 171 g/mol. The van der Waals surface area contributed by atoms with Crippen molar-refractivity contribution >= 4 is 5.97 Å². The molecule has 0 aromatic heterocycles. The van der Waals surface area contributed by atoms with E-state index in [1.54, 1.807) is 0 Å². The van der Waals surface area contributed by atoms with E-state index >= 15 is 0 Å². The zero-order valence-electron chi connectivity index (χ0n) is 7.49. The molecule has 3 atom stereocenters. The van der Waals surface area contributed by atoms with Crippen molar-refractivity contribution in [2.45, 2.75) is 38.6 Å². The molecule has 3 N–H and O–H groups in total. The van der Waals surface area contributed by atoms with E-state index in [0.717, 1.165) is 6.42 Å². The Labute approximate surface area is 72.9 Å². The molecular formula is C9H17NO2. The van der Waals surface area contributed by atoms with Crippen LogP contribution in [0, 0.1) is 11.8 Å². The first-order chi connectivity index (χ1) is 5.61. The molecule has 1 aliphatic rings. The van der Waals surface area contributed by atoms with Crippen molar-refractivity contribution in [1.29, 1.82) is 0 Å². The Bertz CT molecular complexity index is 170. The molecule has 0 aromatic rings. The molecule has 1 rings (SSSR count). The Kier molecular flexibility index (Phi) is 3.09. The molecule has 0 bridgehead atoms. The van der Waals surface area contributed by atoms with Crippen LogP contribution in [-0.4, -0.2) is 17.1 Å². The molecule has 12 heavy (non-hydrogen) atoms. The second kappa shape index (κ2) is 3.90. The van der Waals surface area contributed by atoms with Crippen LogP contribution in [0.25, 0.3) is 0 Å². The monoisotopic (exact) mass is 171 g/mol. The zero-order chi connectivity index (χ0) is 9.14. The normalized spacial score (nSPS) is 31.8. The highest BCUT2D eigenvalue weighted by Crippen LogP contribution is 2.33. The van der Waals surface area contributed by atoms with Gasteiger partial charge >= 0.3 is 5.97 Å². The maximum Gasteiger partial charge on any atom is 0.320 e. The molecule has 70 valence electrons. The first-order valence-electron chi connectivity index (χ1n) is 4.59. The summed E-state index contributed by atoms with van der Waals surface area (Å²) in [6.45, 7) is 2.19. The topological polar surface area (TPSA) is 63.3 Å². The third kappa shape index (κ3) is 2.21. The van der Waals surface area contributed by atoms with Crippen LogP contribution in [0.2, 0.25) is 0 Å². The summed E-state index contributed by atoms with van der Waals surface area (Å²) in [5.74, 6) is 0.334. The first-order valence-corrected chi connectivity index (χ1v) is 4.59. The zero-order valence-corrected chi connectivity index (χ0v) is 7.49. The quantitative estimate of drug-likeness (QED) is 0.671. The molecule has 1 aliphatic carbocycles. The van der Waals surface area contributed by atoms with Crippen molar-refractivity contribution in [1.82, 2.24) is 0 Å². The number of carboxylic acid groups (broad SMARTS) is 1. The van der Waals surface area contributed by atoms with Crippen molar-refractivity contribution in [3.05, 3.63) is 0 Å². The maximum atomic E-state index is 10.5. The van der Waals surface area contributed by atoms with Gasteiger partial charge in [0.05, 0.1) is 0 Å². The SMILES string of the molecule is C[C@H]1CCC[C@@H]1C[C@H](N)C(=O)O. The van der Waals surface area contributed by atoms with Gasteiger partial charge in [-0.2, -0.15) is 0 Å². The fourth-order valence-corrected chi connectivity index (χ4v) is 2.00. The minimum absolute atomic E-state index is 0.538. The molecule has 0 saturated heterocycles. The highest BCUT2D eigenvalue weighted by molar-refractivity contribution is 5.73. The van der Waals surface area contributed by atoms with E-state index in [1.807, 2.05) is 0 Å². The van der Waals surface area contributed by atoms with Gasteiger partial charge in [0.25, 0.3) is 0 Å². The summed E-state index contributed by atoms with van der Waals surface area (Å²) in [7, 11) is 0. The summed E-state index contributed by atoms with van der Waals surface area (Å²) in [6, 6.07) is -0.657. The molecule has 1 saturated carbocycles. The van der Waals surface area contributed by atoms with E-state index in [-0.39, 0.29) is 0 Å². The number of carboxylic acids is 1. The summed E-state index contributed by atoms with van der Waals surface area (Å²) < 4.78 is 0. The van der Waals surface area contributed by atoms with Crippen molar-refractivity contribution in [3.8, 4) is 0 Å². The van der Waals surface area contributed by atoms with Gasteiger partial charge in [0.2, 0.25) is 0 Å². The summed E-state index contributed by atoms with van der Waals surface area (Å²) >= 11 is 0. The second-order valence-electron chi connectivity index (χ2n) is 3.85. The van der Waals surface area contributed by atoms with Crippen LogP contribution in [0.3, 0.4) is 0 Å². The molecule has 0 aliphatic heterocycles. The molecule has 0 radical (unpaired) electrons. The fraction of sp³-hybridized carbons (Fsp3) is 0.889. The van der Waals surface area contributed by atoms with Gasteiger partial charge in [0.1, 0.15) is 6.04 Å². The predicted octanol–water partition coefficient (Wildman–Crippen LogP) is 1.22. The van der Waals surface area contributed by atoms with E-state index < -0.39 is 12.0 Å². The molecule has 0 heterocycles. The number of hydrogen-bond acceptors (Lipinski definition) is 2. The molecule has 0 unspecified atom stereocenters. The maximum absolute atomic E-state index is 10.5. The first kappa shape index (κ1) is 9.52. The van der Waals surface area contributed by atoms with Gasteiger partial charge in [-0.1, -0.05) is 26.2 Å². The Morgan fingerprint density at radius 1 is 1.67 bits per heavy atom. The van der Waals surface area contributed by atoms with Crippen LogP contribution in [0.15, 0.2) is 0 Å². The lowest BCUT2D eigenvalue weighted by Gasteiger charge is -2.17. The van der Waals surface area contributed by atoms with Crippen LogP contribution in [0.4, 0.5) is 0 Å². The molecule has 1 fully saturated rings. The number of nitrogens with two attached hydrogens (primary N) is 1. The van der Waals surface area contributed by atoms with Crippen LogP contribution in [-0.2, 0) is 4.79 Å². The van der Waals surface area contributed by atoms with Gasteiger partial charge in [-0.05, 0) is 18.3 Å².